The Kier molecular flexibility index (Phi) is 5.87. The van der Waals surface area contributed by atoms with Crippen LogP contribution in [0.5, 0.6) is 0 Å². The number of nitrogens with zero attached hydrogens (tertiary/aromatic N) is 1. The van der Waals surface area contributed by atoms with Crippen LogP contribution in [0.1, 0.15) is 29.6 Å². The van der Waals surface area contributed by atoms with Crippen molar-refractivity contribution >= 4 is 31.5 Å². The molecule has 1 amide bonds. The van der Waals surface area contributed by atoms with Gasteiger partial charge >= 0.3 is 0 Å². The molecule has 150 valence electrons. The number of anilines is 1. The summed E-state index contributed by atoms with van der Waals surface area (Å²) in [5.74, 6) is -0.617. The zero-order valence-corrected chi connectivity index (χ0v) is 17.1. The van der Waals surface area contributed by atoms with E-state index < -0.39 is 25.8 Å². The Hall–Kier alpha value is -2.23. The van der Waals surface area contributed by atoms with Crippen LogP contribution in [-0.4, -0.2) is 46.4 Å². The summed E-state index contributed by atoms with van der Waals surface area (Å²) in [6.07, 6.45) is 3.71. The fourth-order valence-electron chi connectivity index (χ4n) is 3.16. The molecule has 0 saturated carbocycles. The van der Waals surface area contributed by atoms with Crippen LogP contribution in [0.25, 0.3) is 0 Å². The van der Waals surface area contributed by atoms with Crippen molar-refractivity contribution in [3.63, 3.8) is 0 Å². The number of carbonyl (C=O) groups excluding carboxylic acids is 1. The van der Waals surface area contributed by atoms with E-state index in [4.69, 9.17) is 0 Å². The second kappa shape index (κ2) is 8.02. The Labute approximate surface area is 165 Å². The first kappa shape index (κ1) is 20.5. The largest absolute Gasteiger partial charge is 0.322 e. The molecule has 2 aromatic rings. The van der Waals surface area contributed by atoms with E-state index in [1.807, 2.05) is 0 Å². The summed E-state index contributed by atoms with van der Waals surface area (Å²) in [6, 6.07) is 11.9. The van der Waals surface area contributed by atoms with Crippen molar-refractivity contribution in [1.82, 2.24) is 4.31 Å². The van der Waals surface area contributed by atoms with E-state index in [2.05, 4.69) is 5.32 Å². The zero-order chi connectivity index (χ0) is 20.4. The molecule has 0 spiro atoms. The van der Waals surface area contributed by atoms with Gasteiger partial charge in [-0.1, -0.05) is 24.6 Å². The molecule has 0 bridgehead atoms. The molecule has 9 heteroatoms. The third-order valence-electron chi connectivity index (χ3n) is 4.58. The van der Waals surface area contributed by atoms with Gasteiger partial charge in [-0.05, 0) is 43.2 Å². The van der Waals surface area contributed by atoms with Crippen LogP contribution in [-0.2, 0) is 19.9 Å². The molecule has 1 fully saturated rings. The summed E-state index contributed by atoms with van der Waals surface area (Å²) in [4.78, 5) is 12.6. The van der Waals surface area contributed by atoms with Crippen molar-refractivity contribution in [3.8, 4) is 0 Å². The molecule has 7 nitrogen and oxygen atoms in total. The molecule has 0 aromatic heterocycles. The highest BCUT2D eigenvalue weighted by molar-refractivity contribution is 7.90. The quantitative estimate of drug-likeness (QED) is 0.798. The number of nitrogens with one attached hydrogen (secondary N) is 1. The molecule has 0 aliphatic carbocycles. The Bertz CT molecular complexity index is 1090. The van der Waals surface area contributed by atoms with Crippen LogP contribution < -0.4 is 5.32 Å². The molecule has 0 unspecified atom stereocenters. The topological polar surface area (TPSA) is 101 Å². The second-order valence-corrected chi connectivity index (χ2v) is 10.6. The lowest BCUT2D eigenvalue weighted by atomic mass is 10.2. The van der Waals surface area contributed by atoms with Crippen LogP contribution in [0, 0.1) is 0 Å². The van der Waals surface area contributed by atoms with Crippen molar-refractivity contribution in [2.45, 2.75) is 29.1 Å². The first-order valence-corrected chi connectivity index (χ1v) is 12.2. The van der Waals surface area contributed by atoms with E-state index in [9.17, 15) is 21.6 Å². The summed E-state index contributed by atoms with van der Waals surface area (Å²) < 4.78 is 50.9. The van der Waals surface area contributed by atoms with Crippen LogP contribution in [0.15, 0.2) is 58.3 Å². The Morgan fingerprint density at radius 3 is 2.29 bits per heavy atom. The number of benzene rings is 2. The smallest absolute Gasteiger partial charge is 0.256 e. The monoisotopic (exact) mass is 422 g/mol. The van der Waals surface area contributed by atoms with Crippen LogP contribution >= 0.6 is 0 Å². The fraction of sp³-hybridized carbons (Fsp3) is 0.316. The number of carbonyl (C=O) groups is 1. The van der Waals surface area contributed by atoms with Crippen molar-refractivity contribution in [1.29, 1.82) is 0 Å². The van der Waals surface area contributed by atoms with E-state index in [0.717, 1.165) is 25.5 Å². The molecular formula is C19H22N2O5S2. The van der Waals surface area contributed by atoms with Crippen LogP contribution in [0.4, 0.5) is 5.69 Å². The minimum absolute atomic E-state index is 0.00860. The lowest BCUT2D eigenvalue weighted by Gasteiger charge is -2.26. The number of sulfonamides is 1. The molecule has 28 heavy (non-hydrogen) atoms. The lowest BCUT2D eigenvalue weighted by molar-refractivity contribution is 0.102. The molecule has 2 aromatic carbocycles. The number of sulfone groups is 1. The average molecular weight is 423 g/mol. The summed E-state index contributed by atoms with van der Waals surface area (Å²) in [5, 5.41) is 2.60. The molecule has 0 atom stereocenters. The van der Waals surface area contributed by atoms with E-state index in [1.54, 1.807) is 24.3 Å². The minimum atomic E-state index is -3.63. The van der Waals surface area contributed by atoms with Gasteiger partial charge in [0, 0.05) is 25.0 Å². The molecule has 3 rings (SSSR count). The van der Waals surface area contributed by atoms with Crippen molar-refractivity contribution in [2.75, 3.05) is 24.7 Å². The molecule has 0 radical (unpaired) electrons. The maximum atomic E-state index is 12.8. The molecular weight excluding hydrogens is 400 g/mol. The highest BCUT2D eigenvalue weighted by Gasteiger charge is 2.26. The first-order valence-electron chi connectivity index (χ1n) is 8.90. The van der Waals surface area contributed by atoms with Crippen molar-refractivity contribution < 1.29 is 21.6 Å². The van der Waals surface area contributed by atoms with Gasteiger partial charge in [-0.25, -0.2) is 16.8 Å². The zero-order valence-electron chi connectivity index (χ0n) is 15.5. The fourth-order valence-corrected chi connectivity index (χ4v) is 5.61. The highest BCUT2D eigenvalue weighted by atomic mass is 32.2. The maximum Gasteiger partial charge on any atom is 0.256 e. The van der Waals surface area contributed by atoms with Gasteiger partial charge in [0.15, 0.2) is 9.84 Å². The summed E-state index contributed by atoms with van der Waals surface area (Å²) in [6.45, 7) is 0.974. The van der Waals surface area contributed by atoms with Gasteiger partial charge in [0.1, 0.15) is 0 Å². The average Bonchev–Trinajstić information content (AvgIpc) is 2.68. The van der Waals surface area contributed by atoms with Gasteiger partial charge in [-0.2, -0.15) is 4.31 Å². The standard InChI is InChI=1S/C19H22N2O5S2/c1-27(23,24)18-11-4-3-10-17(18)19(22)20-15-8-7-9-16(14-15)28(25,26)21-12-5-2-6-13-21/h3-4,7-11,14H,2,5-6,12-13H2,1H3,(H,20,22). The van der Waals surface area contributed by atoms with Gasteiger partial charge in [0.25, 0.3) is 5.91 Å². The molecule has 1 heterocycles. The number of rotatable bonds is 5. The summed E-state index contributed by atoms with van der Waals surface area (Å²) in [5.41, 5.74) is 0.292. The van der Waals surface area contributed by atoms with Crippen molar-refractivity contribution in [3.05, 3.63) is 54.1 Å². The number of amides is 1. The van der Waals surface area contributed by atoms with Gasteiger partial charge in [-0.3, -0.25) is 4.79 Å². The van der Waals surface area contributed by atoms with Gasteiger partial charge in [0.2, 0.25) is 10.0 Å². The van der Waals surface area contributed by atoms with Gasteiger partial charge < -0.3 is 5.32 Å². The maximum absolute atomic E-state index is 12.8. The summed E-state index contributed by atoms with van der Waals surface area (Å²) >= 11 is 0. The Morgan fingerprint density at radius 2 is 1.61 bits per heavy atom. The first-order chi connectivity index (χ1) is 13.2. The third-order valence-corrected chi connectivity index (χ3v) is 7.63. The third kappa shape index (κ3) is 4.43. The molecule has 1 N–H and O–H groups in total. The van der Waals surface area contributed by atoms with E-state index >= 15 is 0 Å². The SMILES string of the molecule is CS(=O)(=O)c1ccccc1C(=O)Nc1cccc(S(=O)(=O)N2CCCCC2)c1. The van der Waals surface area contributed by atoms with Crippen LogP contribution in [0.2, 0.25) is 0 Å². The van der Waals surface area contributed by atoms with E-state index in [-0.39, 0.29) is 21.0 Å². The molecule has 1 aliphatic rings. The van der Waals surface area contributed by atoms with Crippen molar-refractivity contribution in [2.24, 2.45) is 0 Å². The lowest BCUT2D eigenvalue weighted by Crippen LogP contribution is -2.35. The number of piperidine rings is 1. The Morgan fingerprint density at radius 1 is 0.929 bits per heavy atom. The normalized spacial score (nSPS) is 15.9. The minimum Gasteiger partial charge on any atom is -0.322 e. The number of hydrogen-bond acceptors (Lipinski definition) is 5. The predicted molar refractivity (Wildman–Crippen MR) is 107 cm³/mol. The predicted octanol–water partition coefficient (Wildman–Crippen LogP) is 2.52. The van der Waals surface area contributed by atoms with E-state index in [0.29, 0.717) is 13.1 Å². The van der Waals surface area contributed by atoms with Gasteiger partial charge in [0.05, 0.1) is 15.4 Å². The molecule has 1 aliphatic heterocycles. The number of hydrogen-bond donors (Lipinski definition) is 1. The Balaban J connectivity index is 1.87. The molecule has 1 saturated heterocycles. The van der Waals surface area contributed by atoms with E-state index in [1.165, 1.54) is 28.6 Å². The second-order valence-electron chi connectivity index (χ2n) is 6.72. The highest BCUT2D eigenvalue weighted by Crippen LogP contribution is 2.24. The summed E-state index contributed by atoms with van der Waals surface area (Å²) in [7, 11) is -7.21. The van der Waals surface area contributed by atoms with Crippen LogP contribution in [0.3, 0.4) is 0 Å². The van der Waals surface area contributed by atoms with Gasteiger partial charge in [-0.15, -0.1) is 0 Å².